The van der Waals surface area contributed by atoms with Crippen LogP contribution in [0.25, 0.3) is 0 Å². The fourth-order valence-electron chi connectivity index (χ4n) is 3.89. The molecule has 1 unspecified atom stereocenters. The predicted molar refractivity (Wildman–Crippen MR) is 130 cm³/mol. The summed E-state index contributed by atoms with van der Waals surface area (Å²) in [7, 11) is 0. The third-order valence-electron chi connectivity index (χ3n) is 5.75. The van der Waals surface area contributed by atoms with Crippen molar-refractivity contribution in [1.82, 2.24) is 0 Å². The number of amides is 1. The van der Waals surface area contributed by atoms with Gasteiger partial charge < -0.3 is 9.69 Å². The summed E-state index contributed by atoms with van der Waals surface area (Å²) in [5.74, 6) is -0.550. The van der Waals surface area contributed by atoms with Gasteiger partial charge in [0.2, 0.25) is 6.41 Å². The zero-order valence-electron chi connectivity index (χ0n) is 19.5. The Labute approximate surface area is 195 Å². The Morgan fingerprint density at radius 3 is 2.09 bits per heavy atom. The van der Waals surface area contributed by atoms with Crippen molar-refractivity contribution in [1.29, 1.82) is 0 Å². The second-order valence-corrected chi connectivity index (χ2v) is 8.27. The lowest BCUT2D eigenvalue weighted by molar-refractivity contribution is -0.108. The molecule has 0 fully saturated rings. The molecular weight excluding hydrogens is 420 g/mol. The molecule has 33 heavy (non-hydrogen) atoms. The van der Waals surface area contributed by atoms with Gasteiger partial charge >= 0.3 is 0 Å². The summed E-state index contributed by atoms with van der Waals surface area (Å²) in [6.07, 6.45) is 3.60. The Hall–Kier alpha value is -3.34. The van der Waals surface area contributed by atoms with Gasteiger partial charge in [0.05, 0.1) is 0 Å². The highest BCUT2D eigenvalue weighted by molar-refractivity contribution is 5.79. The number of hydrogen-bond donors (Lipinski definition) is 0. The SMILES string of the molecule is C=O.Cc1ccc(C)cc1.Cc1ccc(CCC2CCc3ccc(F)cc3N2C=O)c(F)c1. The number of hydrogen-bond acceptors (Lipinski definition) is 2. The molecule has 1 aliphatic heterocycles. The maximum Gasteiger partial charge on any atom is 0.214 e. The second-order valence-electron chi connectivity index (χ2n) is 8.27. The Balaban J connectivity index is 0.000000323. The minimum atomic E-state index is -0.346. The highest BCUT2D eigenvalue weighted by Crippen LogP contribution is 2.32. The summed E-state index contributed by atoms with van der Waals surface area (Å²) in [5, 5.41) is 0. The van der Waals surface area contributed by atoms with E-state index >= 15 is 0 Å². The minimum Gasteiger partial charge on any atom is -0.312 e. The normalized spacial score (nSPS) is 14.2. The van der Waals surface area contributed by atoms with Gasteiger partial charge in [0.25, 0.3) is 0 Å². The lowest BCUT2D eigenvalue weighted by atomic mass is 9.92. The molecule has 1 heterocycles. The maximum atomic E-state index is 13.9. The summed E-state index contributed by atoms with van der Waals surface area (Å²) in [5.41, 5.74) is 5.83. The van der Waals surface area contributed by atoms with Crippen molar-refractivity contribution in [2.75, 3.05) is 4.90 Å². The quantitative estimate of drug-likeness (QED) is 0.437. The van der Waals surface area contributed by atoms with Crippen LogP contribution in [0.15, 0.2) is 60.7 Å². The zero-order valence-corrected chi connectivity index (χ0v) is 19.5. The second kappa shape index (κ2) is 12.6. The average molecular weight is 452 g/mol. The lowest BCUT2D eigenvalue weighted by Crippen LogP contribution is -2.38. The van der Waals surface area contributed by atoms with Crippen LogP contribution in [-0.2, 0) is 22.4 Å². The van der Waals surface area contributed by atoms with Crippen molar-refractivity contribution >= 4 is 18.9 Å². The van der Waals surface area contributed by atoms with Gasteiger partial charge in [-0.2, -0.15) is 0 Å². The average Bonchev–Trinajstić information content (AvgIpc) is 2.81. The van der Waals surface area contributed by atoms with Crippen LogP contribution in [0.5, 0.6) is 0 Å². The molecule has 0 bridgehead atoms. The summed E-state index contributed by atoms with van der Waals surface area (Å²) in [6.45, 7) is 8.05. The van der Waals surface area contributed by atoms with Gasteiger partial charge in [-0.3, -0.25) is 4.79 Å². The molecule has 1 atom stereocenters. The summed E-state index contributed by atoms with van der Waals surface area (Å²) < 4.78 is 27.4. The smallest absolute Gasteiger partial charge is 0.214 e. The Morgan fingerprint density at radius 1 is 0.909 bits per heavy atom. The van der Waals surface area contributed by atoms with Crippen LogP contribution in [0.2, 0.25) is 0 Å². The lowest BCUT2D eigenvalue weighted by Gasteiger charge is -2.34. The maximum absolute atomic E-state index is 13.9. The van der Waals surface area contributed by atoms with Gasteiger partial charge in [0.1, 0.15) is 18.4 Å². The highest BCUT2D eigenvalue weighted by atomic mass is 19.1. The van der Waals surface area contributed by atoms with E-state index in [1.54, 1.807) is 17.0 Å². The molecule has 174 valence electrons. The van der Waals surface area contributed by atoms with E-state index in [0.717, 1.165) is 30.4 Å². The number of nitrogens with zero attached hydrogens (tertiary/aromatic N) is 1. The third kappa shape index (κ3) is 7.35. The van der Waals surface area contributed by atoms with E-state index in [1.165, 1.54) is 29.3 Å². The molecule has 1 aliphatic rings. The van der Waals surface area contributed by atoms with Crippen LogP contribution in [0, 0.1) is 32.4 Å². The molecule has 0 saturated heterocycles. The number of carbonyl (C=O) groups is 2. The fraction of sp³-hybridized carbons (Fsp3) is 0.286. The van der Waals surface area contributed by atoms with E-state index in [2.05, 4.69) is 38.1 Å². The van der Waals surface area contributed by atoms with Gasteiger partial charge in [-0.05, 0) is 81.3 Å². The van der Waals surface area contributed by atoms with Crippen LogP contribution in [-0.4, -0.2) is 19.2 Å². The van der Waals surface area contributed by atoms with E-state index in [1.807, 2.05) is 19.8 Å². The topological polar surface area (TPSA) is 37.4 Å². The molecule has 0 saturated carbocycles. The number of halogens is 2. The van der Waals surface area contributed by atoms with Crippen molar-refractivity contribution in [3.05, 3.63) is 100 Å². The molecule has 1 amide bonds. The minimum absolute atomic E-state index is 0.0255. The standard InChI is InChI=1S/C19H19F2NO.C8H10.CH2O/c1-13-2-3-14(18(21)10-13)5-8-17-9-6-15-4-7-16(20)11-19(15)22(17)12-23;1-7-3-5-8(2)6-4-7;1-2/h2-4,7,10-12,17H,5-6,8-9H2,1H3;3-6H,1-2H3;1H2. The van der Waals surface area contributed by atoms with Gasteiger partial charge in [0.15, 0.2) is 0 Å². The van der Waals surface area contributed by atoms with Gasteiger partial charge in [0, 0.05) is 11.7 Å². The van der Waals surface area contributed by atoms with Crippen molar-refractivity contribution < 1.29 is 18.4 Å². The fourth-order valence-corrected chi connectivity index (χ4v) is 3.89. The predicted octanol–water partition coefficient (Wildman–Crippen LogP) is 6.30. The van der Waals surface area contributed by atoms with E-state index in [-0.39, 0.29) is 17.7 Å². The largest absolute Gasteiger partial charge is 0.312 e. The van der Waals surface area contributed by atoms with Crippen LogP contribution in [0.4, 0.5) is 14.5 Å². The molecule has 3 aromatic rings. The Kier molecular flexibility index (Phi) is 9.92. The first-order valence-electron chi connectivity index (χ1n) is 11.0. The van der Waals surface area contributed by atoms with Crippen LogP contribution in [0.1, 0.15) is 40.7 Å². The summed E-state index contributed by atoms with van der Waals surface area (Å²) >= 11 is 0. The molecule has 4 rings (SSSR count). The number of anilines is 1. The Bertz CT molecular complexity index is 1030. The number of rotatable bonds is 4. The molecule has 0 aliphatic carbocycles. The first-order chi connectivity index (χ1) is 15.9. The van der Waals surface area contributed by atoms with Crippen LogP contribution >= 0.6 is 0 Å². The van der Waals surface area contributed by atoms with Gasteiger partial charge in [-0.25, -0.2) is 8.78 Å². The van der Waals surface area contributed by atoms with Crippen molar-refractivity contribution in [3.63, 3.8) is 0 Å². The molecule has 3 nitrogen and oxygen atoms in total. The van der Waals surface area contributed by atoms with Crippen molar-refractivity contribution in [2.45, 2.75) is 52.5 Å². The zero-order chi connectivity index (χ0) is 24.4. The first-order valence-corrected chi connectivity index (χ1v) is 11.0. The number of benzene rings is 3. The van der Waals surface area contributed by atoms with Gasteiger partial charge in [-0.15, -0.1) is 0 Å². The van der Waals surface area contributed by atoms with Gasteiger partial charge in [-0.1, -0.05) is 53.6 Å². The van der Waals surface area contributed by atoms with Crippen LogP contribution < -0.4 is 4.90 Å². The van der Waals surface area contributed by atoms with Crippen LogP contribution in [0.3, 0.4) is 0 Å². The molecule has 5 heteroatoms. The molecule has 0 aromatic heterocycles. The molecule has 3 aromatic carbocycles. The van der Waals surface area contributed by atoms with E-state index < -0.39 is 0 Å². The molecule has 0 spiro atoms. The summed E-state index contributed by atoms with van der Waals surface area (Å²) in [4.78, 5) is 21.1. The number of aryl methyl sites for hydroxylation is 5. The Morgan fingerprint density at radius 2 is 1.52 bits per heavy atom. The highest BCUT2D eigenvalue weighted by Gasteiger charge is 2.26. The summed E-state index contributed by atoms with van der Waals surface area (Å²) in [6, 6.07) is 18.2. The van der Waals surface area contributed by atoms with Crippen molar-refractivity contribution in [3.8, 4) is 0 Å². The van der Waals surface area contributed by atoms with E-state index in [9.17, 15) is 13.6 Å². The molecule has 0 radical (unpaired) electrons. The van der Waals surface area contributed by atoms with E-state index in [0.29, 0.717) is 24.1 Å². The number of fused-ring (bicyclic) bond motifs is 1. The first kappa shape index (κ1) is 25.9. The van der Waals surface area contributed by atoms with Crippen molar-refractivity contribution in [2.24, 2.45) is 0 Å². The third-order valence-corrected chi connectivity index (χ3v) is 5.75. The molecule has 0 N–H and O–H groups in total. The molecular formula is C28H31F2NO2. The monoisotopic (exact) mass is 451 g/mol. The number of carbonyl (C=O) groups excluding carboxylic acids is 2. The van der Waals surface area contributed by atoms with E-state index in [4.69, 9.17) is 4.79 Å².